The minimum absolute atomic E-state index is 0.0377. The lowest BCUT2D eigenvalue weighted by Gasteiger charge is -2.32. The molecule has 36 heavy (non-hydrogen) atoms. The maximum absolute atomic E-state index is 13.2. The first kappa shape index (κ1) is 23.1. The molecule has 1 fully saturated rings. The number of hydrogen-bond acceptors (Lipinski definition) is 7. The standard InChI is InChI=1S/C24H24N8O4/c1-16(33)26-18-6-7-21(32(35)36)19(14-18)24(34)29-11-8-17(9-12-29)23-25-10-13-30(23)15-31-22-5-3-2-4-20(22)27-28-31/h2-7,10,13-14,17H,8-9,11-12,15H2,1H3,(H,26,33). The van der Waals surface area contributed by atoms with Crippen molar-refractivity contribution in [2.24, 2.45) is 0 Å². The van der Waals surface area contributed by atoms with E-state index in [1.807, 2.05) is 39.7 Å². The lowest BCUT2D eigenvalue weighted by molar-refractivity contribution is -0.385. The van der Waals surface area contributed by atoms with Crippen molar-refractivity contribution < 1.29 is 14.5 Å². The number of nitro groups is 1. The van der Waals surface area contributed by atoms with Crippen LogP contribution in [0.1, 0.15) is 41.9 Å². The fourth-order valence-electron chi connectivity index (χ4n) is 4.63. The van der Waals surface area contributed by atoms with Gasteiger partial charge >= 0.3 is 0 Å². The van der Waals surface area contributed by atoms with E-state index in [-0.39, 0.29) is 23.1 Å². The van der Waals surface area contributed by atoms with Crippen LogP contribution in [-0.2, 0) is 11.5 Å². The van der Waals surface area contributed by atoms with Crippen LogP contribution in [0.15, 0.2) is 54.9 Å². The summed E-state index contributed by atoms with van der Waals surface area (Å²) in [5, 5.41) is 22.6. The lowest BCUT2D eigenvalue weighted by Crippen LogP contribution is -2.38. The van der Waals surface area contributed by atoms with Gasteiger partial charge in [0, 0.05) is 50.1 Å². The fourth-order valence-corrected chi connectivity index (χ4v) is 4.63. The molecule has 5 rings (SSSR count). The van der Waals surface area contributed by atoms with Crippen LogP contribution in [0.3, 0.4) is 0 Å². The molecule has 2 amide bonds. The van der Waals surface area contributed by atoms with Crippen LogP contribution in [0.2, 0.25) is 0 Å². The number of nitrogens with one attached hydrogen (secondary N) is 1. The number of aromatic nitrogens is 5. The first-order chi connectivity index (χ1) is 17.4. The fraction of sp³-hybridized carbons (Fsp3) is 0.292. The Morgan fingerprint density at radius 1 is 1.17 bits per heavy atom. The van der Waals surface area contributed by atoms with Crippen molar-refractivity contribution in [3.05, 3.63) is 76.4 Å². The van der Waals surface area contributed by atoms with Gasteiger partial charge < -0.3 is 14.8 Å². The second kappa shape index (κ2) is 9.56. The number of imidazole rings is 1. The zero-order chi connectivity index (χ0) is 25.2. The van der Waals surface area contributed by atoms with Crippen LogP contribution in [-0.4, -0.2) is 59.3 Å². The number of piperidine rings is 1. The Kier molecular flexibility index (Phi) is 6.15. The number of likely N-dealkylation sites (tertiary alicyclic amines) is 1. The highest BCUT2D eigenvalue weighted by molar-refractivity contribution is 6.00. The van der Waals surface area contributed by atoms with Crippen molar-refractivity contribution in [1.29, 1.82) is 0 Å². The maximum atomic E-state index is 13.2. The van der Waals surface area contributed by atoms with E-state index in [0.717, 1.165) is 16.9 Å². The average Bonchev–Trinajstić information content (AvgIpc) is 3.51. The van der Waals surface area contributed by atoms with Crippen LogP contribution in [0.4, 0.5) is 11.4 Å². The molecule has 0 unspecified atom stereocenters. The van der Waals surface area contributed by atoms with Crippen molar-refractivity contribution in [2.75, 3.05) is 18.4 Å². The molecule has 0 saturated carbocycles. The van der Waals surface area contributed by atoms with E-state index >= 15 is 0 Å². The van der Waals surface area contributed by atoms with Gasteiger partial charge in [0.1, 0.15) is 23.6 Å². The Balaban J connectivity index is 1.30. The number of hydrogen-bond donors (Lipinski definition) is 1. The zero-order valence-corrected chi connectivity index (χ0v) is 19.6. The van der Waals surface area contributed by atoms with Crippen molar-refractivity contribution >= 4 is 34.2 Å². The quantitative estimate of drug-likeness (QED) is 0.325. The van der Waals surface area contributed by atoms with Gasteiger partial charge in [-0.25, -0.2) is 9.67 Å². The molecule has 2 aromatic heterocycles. The second-order valence-electron chi connectivity index (χ2n) is 8.71. The molecule has 3 heterocycles. The van der Waals surface area contributed by atoms with E-state index in [1.54, 1.807) is 11.1 Å². The lowest BCUT2D eigenvalue weighted by atomic mass is 9.95. The third-order valence-corrected chi connectivity index (χ3v) is 6.35. The minimum Gasteiger partial charge on any atom is -0.338 e. The minimum atomic E-state index is -0.581. The van der Waals surface area contributed by atoms with Crippen molar-refractivity contribution in [3.8, 4) is 0 Å². The second-order valence-corrected chi connectivity index (χ2v) is 8.71. The van der Waals surface area contributed by atoms with E-state index in [2.05, 4.69) is 20.6 Å². The number of rotatable bonds is 6. The summed E-state index contributed by atoms with van der Waals surface area (Å²) in [7, 11) is 0. The van der Waals surface area contributed by atoms with E-state index in [0.29, 0.717) is 38.3 Å². The third kappa shape index (κ3) is 4.52. The molecule has 0 aliphatic carbocycles. The van der Waals surface area contributed by atoms with Gasteiger partial charge in [-0.1, -0.05) is 17.3 Å². The van der Waals surface area contributed by atoms with Crippen molar-refractivity contribution in [3.63, 3.8) is 0 Å². The summed E-state index contributed by atoms with van der Waals surface area (Å²) in [6, 6.07) is 11.8. The van der Waals surface area contributed by atoms with Crippen molar-refractivity contribution in [2.45, 2.75) is 32.4 Å². The van der Waals surface area contributed by atoms with E-state index in [4.69, 9.17) is 0 Å². The van der Waals surface area contributed by atoms with Gasteiger partial charge in [0.25, 0.3) is 11.6 Å². The molecule has 0 bridgehead atoms. The van der Waals surface area contributed by atoms with Gasteiger partial charge in [-0.2, -0.15) is 0 Å². The van der Waals surface area contributed by atoms with Gasteiger partial charge in [0.2, 0.25) is 5.91 Å². The van der Waals surface area contributed by atoms with Gasteiger partial charge in [0.05, 0.1) is 10.4 Å². The highest BCUT2D eigenvalue weighted by Gasteiger charge is 2.30. The summed E-state index contributed by atoms with van der Waals surface area (Å²) >= 11 is 0. The number of nitrogens with zero attached hydrogens (tertiary/aromatic N) is 7. The molecule has 12 heteroatoms. The number of nitro benzene ring substituents is 1. The average molecular weight is 489 g/mol. The summed E-state index contributed by atoms with van der Waals surface area (Å²) in [5.74, 6) is 0.280. The summed E-state index contributed by atoms with van der Waals surface area (Å²) < 4.78 is 3.85. The van der Waals surface area contributed by atoms with Gasteiger partial charge in [-0.15, -0.1) is 5.10 Å². The topological polar surface area (TPSA) is 141 Å². The number of amides is 2. The zero-order valence-electron chi connectivity index (χ0n) is 19.6. The molecular weight excluding hydrogens is 464 g/mol. The van der Waals surface area contributed by atoms with E-state index in [9.17, 15) is 19.7 Å². The Morgan fingerprint density at radius 3 is 2.69 bits per heavy atom. The van der Waals surface area contributed by atoms with Gasteiger partial charge in [-0.05, 0) is 37.1 Å². The summed E-state index contributed by atoms with van der Waals surface area (Å²) in [4.78, 5) is 41.8. The number of carbonyl (C=O) groups is 2. The normalized spacial score (nSPS) is 14.2. The van der Waals surface area contributed by atoms with E-state index in [1.165, 1.54) is 25.1 Å². The number of fused-ring (bicyclic) bond motifs is 1. The molecule has 1 saturated heterocycles. The molecule has 2 aromatic carbocycles. The van der Waals surface area contributed by atoms with Crippen LogP contribution in [0, 0.1) is 10.1 Å². The highest BCUT2D eigenvalue weighted by atomic mass is 16.6. The molecule has 1 aliphatic heterocycles. The molecule has 0 atom stereocenters. The van der Waals surface area contributed by atoms with Gasteiger partial charge in [-0.3, -0.25) is 19.7 Å². The highest BCUT2D eigenvalue weighted by Crippen LogP contribution is 2.30. The van der Waals surface area contributed by atoms with Crippen molar-refractivity contribution in [1.82, 2.24) is 29.4 Å². The molecule has 0 radical (unpaired) electrons. The number of anilines is 1. The molecule has 1 aliphatic rings. The molecule has 0 spiro atoms. The smallest absolute Gasteiger partial charge is 0.282 e. The molecular formula is C24H24N8O4. The number of para-hydroxylation sites is 1. The first-order valence-electron chi connectivity index (χ1n) is 11.6. The summed E-state index contributed by atoms with van der Waals surface area (Å²) in [6.45, 7) is 2.67. The summed E-state index contributed by atoms with van der Waals surface area (Å²) in [5.41, 5.74) is 1.77. The monoisotopic (exact) mass is 488 g/mol. The predicted molar refractivity (Wildman–Crippen MR) is 130 cm³/mol. The van der Waals surface area contributed by atoms with Crippen LogP contribution in [0.25, 0.3) is 11.0 Å². The number of carbonyl (C=O) groups excluding carboxylic acids is 2. The Hall–Kier alpha value is -4.61. The van der Waals surface area contributed by atoms with Crippen LogP contribution >= 0.6 is 0 Å². The summed E-state index contributed by atoms with van der Waals surface area (Å²) in [6.07, 6.45) is 4.99. The molecule has 12 nitrogen and oxygen atoms in total. The first-order valence-corrected chi connectivity index (χ1v) is 11.6. The predicted octanol–water partition coefficient (Wildman–Crippen LogP) is 3.02. The van der Waals surface area contributed by atoms with E-state index < -0.39 is 10.8 Å². The molecule has 1 N–H and O–H groups in total. The van der Waals surface area contributed by atoms with Crippen LogP contribution in [0.5, 0.6) is 0 Å². The van der Waals surface area contributed by atoms with Gasteiger partial charge in [0.15, 0.2) is 0 Å². The molecule has 4 aromatic rings. The van der Waals surface area contributed by atoms with Crippen LogP contribution < -0.4 is 5.32 Å². The third-order valence-electron chi connectivity index (χ3n) is 6.35. The molecule has 184 valence electrons. The SMILES string of the molecule is CC(=O)Nc1ccc([N+](=O)[O-])c(C(=O)N2CCC(c3nccn3Cn3nnc4ccccc43)CC2)c1. The Morgan fingerprint density at radius 2 is 1.94 bits per heavy atom. The Labute approximate surface area is 205 Å². The Bertz CT molecular complexity index is 1450. The maximum Gasteiger partial charge on any atom is 0.282 e. The number of benzene rings is 2. The largest absolute Gasteiger partial charge is 0.338 e.